The first-order valence-electron chi connectivity index (χ1n) is 12.3. The third-order valence-corrected chi connectivity index (χ3v) is 7.79. The summed E-state index contributed by atoms with van der Waals surface area (Å²) in [5.74, 6) is -0.250. The SMILES string of the molecule is Cc1cc(Nc2nccc(C(F)(F)F)n2)cc(-c2cnc(C3(O)CCC(NC(=O)Cc4cnc[nH]4)CC3)s2)c1. The van der Waals surface area contributed by atoms with Crippen LogP contribution in [0.15, 0.2) is 49.2 Å². The number of alkyl halides is 3. The van der Waals surface area contributed by atoms with Crippen molar-refractivity contribution in [3.05, 3.63) is 71.1 Å². The number of carbonyl (C=O) groups is 1. The Bertz CT molecular complexity index is 1450. The quantitative estimate of drug-likeness (QED) is 0.255. The second-order valence-electron chi connectivity index (χ2n) is 9.63. The topological polar surface area (TPSA) is 129 Å². The van der Waals surface area contributed by atoms with Gasteiger partial charge in [0, 0.05) is 36.0 Å². The zero-order valence-corrected chi connectivity index (χ0v) is 21.7. The molecule has 204 valence electrons. The summed E-state index contributed by atoms with van der Waals surface area (Å²) in [4.78, 5) is 31.9. The Morgan fingerprint density at radius 2 is 2.00 bits per heavy atom. The summed E-state index contributed by atoms with van der Waals surface area (Å²) in [5, 5.41) is 17.8. The van der Waals surface area contributed by atoms with E-state index < -0.39 is 17.5 Å². The third kappa shape index (κ3) is 6.42. The number of amides is 1. The monoisotopic (exact) mass is 557 g/mol. The van der Waals surface area contributed by atoms with E-state index in [2.05, 4.69) is 35.6 Å². The van der Waals surface area contributed by atoms with Gasteiger partial charge in [0.1, 0.15) is 16.3 Å². The number of anilines is 2. The van der Waals surface area contributed by atoms with Crippen molar-refractivity contribution in [3.63, 3.8) is 0 Å². The maximum atomic E-state index is 13.0. The number of aromatic amines is 1. The number of hydrogen-bond acceptors (Lipinski definition) is 8. The van der Waals surface area contributed by atoms with Crippen LogP contribution in [-0.2, 0) is 23.0 Å². The maximum Gasteiger partial charge on any atom is 0.433 e. The van der Waals surface area contributed by atoms with Crippen molar-refractivity contribution >= 4 is 28.9 Å². The molecule has 1 aromatic carbocycles. The molecule has 1 saturated carbocycles. The standard InChI is InChI=1S/C26H26F3N7O2S/c1-15-8-16(10-18(9-15)35-24-31-7-4-21(36-24)26(27,28)29)20-13-32-23(39-20)25(38)5-2-17(3-6-25)34-22(37)11-19-12-30-14-33-19/h4,7-10,12-14,17,38H,2-3,5-6,11H2,1H3,(H,30,33)(H,34,37)(H,31,35,36). The Hall–Kier alpha value is -3.84. The number of hydrogen-bond donors (Lipinski definition) is 4. The minimum atomic E-state index is -4.57. The first kappa shape index (κ1) is 26.8. The van der Waals surface area contributed by atoms with Crippen LogP contribution in [0.4, 0.5) is 24.8 Å². The number of aryl methyl sites for hydroxylation is 1. The molecule has 9 nitrogen and oxygen atoms in total. The molecule has 4 aromatic rings. The third-order valence-electron chi connectivity index (χ3n) is 6.55. The van der Waals surface area contributed by atoms with Gasteiger partial charge in [-0.05, 0) is 61.9 Å². The molecule has 0 atom stereocenters. The van der Waals surface area contributed by atoms with Gasteiger partial charge >= 0.3 is 6.18 Å². The zero-order valence-electron chi connectivity index (χ0n) is 20.9. The normalized spacial score (nSPS) is 19.6. The van der Waals surface area contributed by atoms with E-state index in [4.69, 9.17) is 0 Å². The van der Waals surface area contributed by atoms with E-state index in [1.54, 1.807) is 24.5 Å². The fraction of sp³-hybridized carbons (Fsp3) is 0.346. The number of aliphatic hydroxyl groups is 1. The van der Waals surface area contributed by atoms with Crippen LogP contribution in [0.2, 0.25) is 0 Å². The lowest BCUT2D eigenvalue weighted by Gasteiger charge is -2.34. The predicted octanol–water partition coefficient (Wildman–Crippen LogP) is 4.88. The second kappa shape index (κ2) is 10.7. The highest BCUT2D eigenvalue weighted by molar-refractivity contribution is 7.15. The van der Waals surface area contributed by atoms with Crippen LogP contribution in [0.1, 0.15) is 47.6 Å². The average Bonchev–Trinajstić information content (AvgIpc) is 3.58. The number of carbonyl (C=O) groups excluding carboxylic acids is 1. The lowest BCUT2D eigenvalue weighted by atomic mass is 9.82. The molecule has 3 aromatic heterocycles. The molecule has 0 unspecified atom stereocenters. The molecule has 0 bridgehead atoms. The summed E-state index contributed by atoms with van der Waals surface area (Å²) < 4.78 is 39.1. The van der Waals surface area contributed by atoms with Crippen molar-refractivity contribution in [2.75, 3.05) is 5.32 Å². The van der Waals surface area contributed by atoms with E-state index in [-0.39, 0.29) is 24.3 Å². The van der Waals surface area contributed by atoms with Crippen molar-refractivity contribution in [2.45, 2.75) is 56.8 Å². The van der Waals surface area contributed by atoms with Gasteiger partial charge < -0.3 is 20.7 Å². The van der Waals surface area contributed by atoms with Crippen molar-refractivity contribution in [3.8, 4) is 10.4 Å². The van der Waals surface area contributed by atoms with Crippen LogP contribution in [-0.4, -0.2) is 42.0 Å². The summed E-state index contributed by atoms with van der Waals surface area (Å²) in [6.45, 7) is 1.87. The second-order valence-corrected chi connectivity index (χ2v) is 10.7. The van der Waals surface area contributed by atoms with Crippen molar-refractivity contribution in [2.24, 2.45) is 0 Å². The smallest absolute Gasteiger partial charge is 0.383 e. The number of H-pyrrole nitrogens is 1. The summed E-state index contributed by atoms with van der Waals surface area (Å²) in [6.07, 6.45) is 3.72. The number of nitrogens with zero attached hydrogens (tertiary/aromatic N) is 4. The van der Waals surface area contributed by atoms with E-state index >= 15 is 0 Å². The Labute approximate surface area is 226 Å². The molecular formula is C26H26F3N7O2S. The Morgan fingerprint density at radius 3 is 2.72 bits per heavy atom. The van der Waals surface area contributed by atoms with Crippen molar-refractivity contribution in [1.29, 1.82) is 0 Å². The van der Waals surface area contributed by atoms with Gasteiger partial charge in [-0.15, -0.1) is 11.3 Å². The van der Waals surface area contributed by atoms with E-state index in [1.807, 2.05) is 13.0 Å². The minimum absolute atomic E-state index is 0.0244. The number of rotatable bonds is 7. The molecule has 13 heteroatoms. The highest BCUT2D eigenvalue weighted by Crippen LogP contribution is 2.41. The van der Waals surface area contributed by atoms with Gasteiger partial charge in [0.05, 0.1) is 17.6 Å². The highest BCUT2D eigenvalue weighted by Gasteiger charge is 2.38. The Morgan fingerprint density at radius 1 is 1.21 bits per heavy atom. The van der Waals surface area contributed by atoms with Crippen LogP contribution in [0.5, 0.6) is 0 Å². The molecule has 0 radical (unpaired) electrons. The number of aromatic nitrogens is 5. The van der Waals surface area contributed by atoms with Crippen LogP contribution in [0.25, 0.3) is 10.4 Å². The molecule has 0 spiro atoms. The van der Waals surface area contributed by atoms with Gasteiger partial charge in [-0.25, -0.2) is 19.9 Å². The average molecular weight is 558 g/mol. The molecule has 1 fully saturated rings. The lowest BCUT2D eigenvalue weighted by Crippen LogP contribution is -2.42. The fourth-order valence-corrected chi connectivity index (χ4v) is 5.66. The van der Waals surface area contributed by atoms with Gasteiger partial charge in [0.2, 0.25) is 11.9 Å². The zero-order chi connectivity index (χ0) is 27.6. The number of thiazole rings is 1. The van der Waals surface area contributed by atoms with Gasteiger partial charge in [-0.1, -0.05) is 6.07 Å². The van der Waals surface area contributed by atoms with Crippen molar-refractivity contribution < 1.29 is 23.1 Å². The first-order valence-corrected chi connectivity index (χ1v) is 13.1. The molecule has 3 heterocycles. The Kier molecular flexibility index (Phi) is 7.36. The Balaban J connectivity index is 1.25. The number of imidazole rings is 1. The molecule has 0 saturated heterocycles. The van der Waals surface area contributed by atoms with Crippen LogP contribution < -0.4 is 10.6 Å². The lowest BCUT2D eigenvalue weighted by molar-refractivity contribution is -0.141. The molecule has 0 aliphatic heterocycles. The van der Waals surface area contributed by atoms with Gasteiger partial charge in [0.15, 0.2) is 0 Å². The van der Waals surface area contributed by atoms with Gasteiger partial charge in [-0.3, -0.25) is 4.79 Å². The molecule has 1 aliphatic rings. The van der Waals surface area contributed by atoms with E-state index in [0.717, 1.165) is 34.0 Å². The van der Waals surface area contributed by atoms with Gasteiger partial charge in [-0.2, -0.15) is 13.2 Å². The highest BCUT2D eigenvalue weighted by atomic mass is 32.1. The largest absolute Gasteiger partial charge is 0.433 e. The summed E-state index contributed by atoms with van der Waals surface area (Å²) in [5.41, 5.74) is 0.833. The molecule has 5 rings (SSSR count). The maximum absolute atomic E-state index is 13.0. The summed E-state index contributed by atoms with van der Waals surface area (Å²) in [7, 11) is 0. The van der Waals surface area contributed by atoms with E-state index in [9.17, 15) is 23.1 Å². The number of benzene rings is 1. The molecular weight excluding hydrogens is 531 g/mol. The minimum Gasteiger partial charge on any atom is -0.383 e. The summed E-state index contributed by atoms with van der Waals surface area (Å²) >= 11 is 1.37. The fourth-order valence-electron chi connectivity index (χ4n) is 4.61. The molecule has 1 aliphatic carbocycles. The molecule has 39 heavy (non-hydrogen) atoms. The van der Waals surface area contributed by atoms with Crippen LogP contribution in [0.3, 0.4) is 0 Å². The van der Waals surface area contributed by atoms with Gasteiger partial charge in [0.25, 0.3) is 0 Å². The van der Waals surface area contributed by atoms with Crippen LogP contribution in [0, 0.1) is 6.92 Å². The summed E-state index contributed by atoms with van der Waals surface area (Å²) in [6, 6.07) is 6.29. The number of nitrogens with one attached hydrogen (secondary N) is 3. The van der Waals surface area contributed by atoms with E-state index in [0.29, 0.717) is 36.4 Å². The number of halogens is 3. The van der Waals surface area contributed by atoms with Crippen molar-refractivity contribution in [1.82, 2.24) is 30.2 Å². The van der Waals surface area contributed by atoms with Crippen LogP contribution >= 0.6 is 11.3 Å². The predicted molar refractivity (Wildman–Crippen MR) is 139 cm³/mol. The van der Waals surface area contributed by atoms with E-state index in [1.165, 1.54) is 17.7 Å². The molecule has 4 N–H and O–H groups in total. The molecule has 1 amide bonds. The first-order chi connectivity index (χ1) is 18.6.